The Morgan fingerprint density at radius 2 is 2.10 bits per heavy atom. The lowest BCUT2D eigenvalue weighted by molar-refractivity contribution is -0.385. The third-order valence-corrected chi connectivity index (χ3v) is 3.88. The normalized spacial score (nSPS) is 15.8. The number of carbonyl (C=O) groups is 1. The summed E-state index contributed by atoms with van der Waals surface area (Å²) < 4.78 is 0. The summed E-state index contributed by atoms with van der Waals surface area (Å²) in [6.45, 7) is 6.14. The lowest BCUT2D eigenvalue weighted by atomic mass is 9.98. The number of benzene rings is 1. The van der Waals surface area contributed by atoms with E-state index in [0.717, 1.165) is 18.5 Å². The summed E-state index contributed by atoms with van der Waals surface area (Å²) in [7, 11) is 0. The monoisotopic (exact) mass is 291 g/mol. The summed E-state index contributed by atoms with van der Waals surface area (Å²) in [5.41, 5.74) is 0.783. The van der Waals surface area contributed by atoms with E-state index in [4.69, 9.17) is 0 Å². The van der Waals surface area contributed by atoms with Crippen LogP contribution in [0.3, 0.4) is 0 Å². The molecule has 6 nitrogen and oxygen atoms in total. The SMILES string of the molecule is CCNc1ccc([N+](=O)[O-])c(C(=O)N2CCC(C)CC2)c1. The molecule has 1 heterocycles. The summed E-state index contributed by atoms with van der Waals surface area (Å²) in [6, 6.07) is 4.62. The molecule has 114 valence electrons. The zero-order valence-electron chi connectivity index (χ0n) is 12.5. The molecular weight excluding hydrogens is 270 g/mol. The van der Waals surface area contributed by atoms with Gasteiger partial charge in [-0.25, -0.2) is 0 Å². The number of likely N-dealkylation sites (tertiary alicyclic amines) is 1. The zero-order chi connectivity index (χ0) is 15.4. The highest BCUT2D eigenvalue weighted by Gasteiger charge is 2.27. The number of hydrogen-bond donors (Lipinski definition) is 1. The first-order chi connectivity index (χ1) is 10.0. The van der Waals surface area contributed by atoms with Crippen LogP contribution in [-0.4, -0.2) is 35.4 Å². The molecule has 21 heavy (non-hydrogen) atoms. The first kappa shape index (κ1) is 15.3. The van der Waals surface area contributed by atoms with Crippen molar-refractivity contribution in [2.24, 2.45) is 5.92 Å². The predicted octanol–water partition coefficient (Wildman–Crippen LogP) is 2.90. The van der Waals surface area contributed by atoms with Crippen LogP contribution in [-0.2, 0) is 0 Å². The van der Waals surface area contributed by atoms with Gasteiger partial charge in [0.15, 0.2) is 0 Å². The maximum absolute atomic E-state index is 12.6. The number of nitro benzene ring substituents is 1. The van der Waals surface area contributed by atoms with Crippen molar-refractivity contribution in [2.45, 2.75) is 26.7 Å². The van der Waals surface area contributed by atoms with Gasteiger partial charge in [0.2, 0.25) is 0 Å². The summed E-state index contributed by atoms with van der Waals surface area (Å²) in [5.74, 6) is 0.366. The second-order valence-corrected chi connectivity index (χ2v) is 5.49. The number of amides is 1. The average Bonchev–Trinajstić information content (AvgIpc) is 2.47. The molecule has 1 aromatic carbocycles. The van der Waals surface area contributed by atoms with Crippen molar-refractivity contribution in [2.75, 3.05) is 25.0 Å². The van der Waals surface area contributed by atoms with E-state index in [2.05, 4.69) is 12.2 Å². The minimum Gasteiger partial charge on any atom is -0.385 e. The van der Waals surface area contributed by atoms with Crippen LogP contribution in [0.25, 0.3) is 0 Å². The molecule has 1 aliphatic heterocycles. The molecule has 0 unspecified atom stereocenters. The van der Waals surface area contributed by atoms with Gasteiger partial charge in [-0.05, 0) is 37.8 Å². The lowest BCUT2D eigenvalue weighted by Gasteiger charge is -2.30. The van der Waals surface area contributed by atoms with Gasteiger partial charge in [-0.15, -0.1) is 0 Å². The van der Waals surface area contributed by atoms with Gasteiger partial charge in [0, 0.05) is 31.4 Å². The smallest absolute Gasteiger partial charge is 0.282 e. The Bertz CT molecular complexity index is 537. The molecule has 0 aromatic heterocycles. The molecule has 1 fully saturated rings. The molecule has 0 bridgehead atoms. The highest BCUT2D eigenvalue weighted by Crippen LogP contribution is 2.26. The molecular formula is C15H21N3O3. The van der Waals surface area contributed by atoms with Crippen LogP contribution in [0.4, 0.5) is 11.4 Å². The lowest BCUT2D eigenvalue weighted by Crippen LogP contribution is -2.38. The fourth-order valence-corrected chi connectivity index (χ4v) is 2.56. The van der Waals surface area contributed by atoms with Gasteiger partial charge in [0.05, 0.1) is 4.92 Å². The van der Waals surface area contributed by atoms with Gasteiger partial charge in [-0.1, -0.05) is 6.92 Å². The Morgan fingerprint density at radius 3 is 2.67 bits per heavy atom. The fourth-order valence-electron chi connectivity index (χ4n) is 2.56. The van der Waals surface area contributed by atoms with Crippen LogP contribution < -0.4 is 5.32 Å². The highest BCUT2D eigenvalue weighted by atomic mass is 16.6. The maximum Gasteiger partial charge on any atom is 0.282 e. The van der Waals surface area contributed by atoms with E-state index in [1.54, 1.807) is 17.0 Å². The quantitative estimate of drug-likeness (QED) is 0.683. The number of hydrogen-bond acceptors (Lipinski definition) is 4. The number of nitrogens with zero attached hydrogens (tertiary/aromatic N) is 2. The molecule has 0 saturated carbocycles. The minimum absolute atomic E-state index is 0.125. The van der Waals surface area contributed by atoms with Crippen molar-refractivity contribution in [3.8, 4) is 0 Å². The molecule has 6 heteroatoms. The summed E-state index contributed by atoms with van der Waals surface area (Å²) in [5, 5.41) is 14.2. The van der Waals surface area contributed by atoms with E-state index in [-0.39, 0.29) is 17.2 Å². The fraction of sp³-hybridized carbons (Fsp3) is 0.533. The van der Waals surface area contributed by atoms with Crippen molar-refractivity contribution >= 4 is 17.3 Å². The summed E-state index contributed by atoms with van der Waals surface area (Å²) in [4.78, 5) is 25.0. The molecule has 1 amide bonds. The number of nitro groups is 1. The predicted molar refractivity (Wildman–Crippen MR) is 81.6 cm³/mol. The van der Waals surface area contributed by atoms with Gasteiger partial charge in [-0.2, -0.15) is 0 Å². The Kier molecular flexibility index (Phi) is 4.77. The van der Waals surface area contributed by atoms with E-state index in [9.17, 15) is 14.9 Å². The molecule has 1 saturated heterocycles. The number of nitrogens with one attached hydrogen (secondary N) is 1. The Hall–Kier alpha value is -2.11. The average molecular weight is 291 g/mol. The third kappa shape index (κ3) is 3.51. The number of rotatable bonds is 4. The van der Waals surface area contributed by atoms with Crippen LogP contribution in [0.15, 0.2) is 18.2 Å². The molecule has 0 atom stereocenters. The Morgan fingerprint density at radius 1 is 1.43 bits per heavy atom. The second kappa shape index (κ2) is 6.56. The molecule has 1 N–H and O–H groups in total. The van der Waals surface area contributed by atoms with Crippen molar-refractivity contribution in [1.82, 2.24) is 4.90 Å². The van der Waals surface area contributed by atoms with Crippen LogP contribution in [0.1, 0.15) is 37.0 Å². The van der Waals surface area contributed by atoms with Crippen molar-refractivity contribution in [1.29, 1.82) is 0 Å². The highest BCUT2D eigenvalue weighted by molar-refractivity contribution is 5.99. The number of anilines is 1. The van der Waals surface area contributed by atoms with Crippen LogP contribution in [0, 0.1) is 16.0 Å². The van der Waals surface area contributed by atoms with E-state index < -0.39 is 4.92 Å². The van der Waals surface area contributed by atoms with E-state index in [0.29, 0.717) is 25.6 Å². The molecule has 0 aliphatic carbocycles. The van der Waals surface area contributed by atoms with Gasteiger partial charge >= 0.3 is 0 Å². The zero-order valence-corrected chi connectivity index (χ0v) is 12.5. The van der Waals surface area contributed by atoms with E-state index in [1.807, 2.05) is 6.92 Å². The summed E-state index contributed by atoms with van der Waals surface area (Å²) in [6.07, 6.45) is 1.90. The molecule has 0 spiro atoms. The minimum atomic E-state index is -0.491. The molecule has 1 aromatic rings. The van der Waals surface area contributed by atoms with Gasteiger partial charge in [-0.3, -0.25) is 14.9 Å². The van der Waals surface area contributed by atoms with Crippen molar-refractivity contribution in [3.63, 3.8) is 0 Å². The molecule has 2 rings (SSSR count). The maximum atomic E-state index is 12.6. The van der Waals surface area contributed by atoms with E-state index >= 15 is 0 Å². The summed E-state index contributed by atoms with van der Waals surface area (Å²) >= 11 is 0. The standard InChI is InChI=1S/C15H21N3O3/c1-3-16-12-4-5-14(18(20)21)13(10-12)15(19)17-8-6-11(2)7-9-17/h4-5,10-11,16H,3,6-9H2,1-2H3. The van der Waals surface area contributed by atoms with E-state index in [1.165, 1.54) is 6.07 Å². The van der Waals surface area contributed by atoms with Gasteiger partial charge in [0.1, 0.15) is 5.56 Å². The number of piperidine rings is 1. The Balaban J connectivity index is 2.28. The number of carbonyl (C=O) groups excluding carboxylic acids is 1. The first-order valence-electron chi connectivity index (χ1n) is 7.34. The van der Waals surface area contributed by atoms with Crippen molar-refractivity contribution in [3.05, 3.63) is 33.9 Å². The van der Waals surface area contributed by atoms with Crippen LogP contribution >= 0.6 is 0 Å². The van der Waals surface area contributed by atoms with Crippen LogP contribution in [0.5, 0.6) is 0 Å². The Labute approximate surface area is 124 Å². The molecule has 0 radical (unpaired) electrons. The molecule has 1 aliphatic rings. The van der Waals surface area contributed by atoms with Gasteiger partial charge < -0.3 is 10.2 Å². The first-order valence-corrected chi connectivity index (χ1v) is 7.34. The largest absolute Gasteiger partial charge is 0.385 e. The second-order valence-electron chi connectivity index (χ2n) is 5.49. The van der Waals surface area contributed by atoms with Crippen LogP contribution in [0.2, 0.25) is 0 Å². The third-order valence-electron chi connectivity index (χ3n) is 3.88. The van der Waals surface area contributed by atoms with Crippen molar-refractivity contribution < 1.29 is 9.72 Å². The van der Waals surface area contributed by atoms with Gasteiger partial charge in [0.25, 0.3) is 11.6 Å². The topological polar surface area (TPSA) is 75.5 Å².